The zero-order valence-corrected chi connectivity index (χ0v) is 18.7. The smallest absolute Gasteiger partial charge is 0.265 e. The van der Waals surface area contributed by atoms with Crippen LogP contribution in [0.5, 0.6) is 0 Å². The molecule has 5 nitrogen and oxygen atoms in total. The highest BCUT2D eigenvalue weighted by Crippen LogP contribution is 2.42. The van der Waals surface area contributed by atoms with Crippen LogP contribution in [0.3, 0.4) is 0 Å². The van der Waals surface area contributed by atoms with Crippen molar-refractivity contribution in [1.82, 2.24) is 4.57 Å². The molecule has 5 aromatic rings. The molecule has 0 atom stereocenters. The van der Waals surface area contributed by atoms with E-state index in [1.54, 1.807) is 18.2 Å². The lowest BCUT2D eigenvalue weighted by Gasteiger charge is -2.18. The Kier molecular flexibility index (Phi) is 4.22. The summed E-state index contributed by atoms with van der Waals surface area (Å²) >= 11 is 0. The molecule has 2 heterocycles. The van der Waals surface area contributed by atoms with Gasteiger partial charge in [0, 0.05) is 23.3 Å². The van der Waals surface area contributed by atoms with E-state index in [-0.39, 0.29) is 17.2 Å². The first-order valence-corrected chi connectivity index (χ1v) is 12.1. The van der Waals surface area contributed by atoms with Crippen LogP contribution in [0.25, 0.3) is 32.9 Å². The monoisotopic (exact) mass is 452 g/mol. The number of carbonyl (C=O) groups excluding carboxylic acids is 1. The fourth-order valence-corrected chi connectivity index (χ4v) is 6.61. The van der Waals surface area contributed by atoms with Crippen molar-refractivity contribution in [3.05, 3.63) is 96.6 Å². The summed E-state index contributed by atoms with van der Waals surface area (Å²) in [7, 11) is -1.88. The van der Waals surface area contributed by atoms with E-state index in [2.05, 4.69) is 0 Å². The van der Waals surface area contributed by atoms with E-state index in [4.69, 9.17) is 0 Å². The zero-order chi connectivity index (χ0) is 22.7. The molecule has 0 amide bonds. The van der Waals surface area contributed by atoms with Crippen LogP contribution in [0.4, 0.5) is 5.69 Å². The van der Waals surface area contributed by atoms with Crippen molar-refractivity contribution in [2.45, 2.75) is 4.90 Å². The first kappa shape index (κ1) is 19.8. The van der Waals surface area contributed by atoms with E-state index in [0.29, 0.717) is 16.6 Å². The van der Waals surface area contributed by atoms with Gasteiger partial charge in [0.05, 0.1) is 28.4 Å². The topological polar surface area (TPSA) is 59.4 Å². The third kappa shape index (κ3) is 2.77. The van der Waals surface area contributed by atoms with E-state index in [9.17, 15) is 13.2 Å². The molecule has 6 rings (SSSR count). The van der Waals surface area contributed by atoms with Gasteiger partial charge >= 0.3 is 0 Å². The highest BCUT2D eigenvalue weighted by molar-refractivity contribution is 7.93. The number of fused-ring (bicyclic) bond motifs is 1. The summed E-state index contributed by atoms with van der Waals surface area (Å²) in [5.41, 5.74) is 3.72. The van der Waals surface area contributed by atoms with Gasteiger partial charge < -0.3 is 4.57 Å². The van der Waals surface area contributed by atoms with Crippen LogP contribution in [-0.4, -0.2) is 25.3 Å². The molecule has 0 radical (unpaired) electrons. The number of anilines is 1. The molecule has 6 heteroatoms. The standard InChI is InChI=1S/C27H20N2O3S/c1-28-21-14-6-5-13-20(21)26(27(28)19-9-3-2-4-10-19)23(30)17-29-22-15-7-11-18-12-8-16-24(25(18)22)33(29,31)32/h2-16H,17H2,1H3. The van der Waals surface area contributed by atoms with Crippen molar-refractivity contribution in [2.75, 3.05) is 10.8 Å². The second-order valence-corrected chi connectivity index (χ2v) is 10.1. The Morgan fingerprint density at radius 1 is 0.818 bits per heavy atom. The Morgan fingerprint density at radius 2 is 1.52 bits per heavy atom. The molecule has 0 saturated heterocycles. The SMILES string of the molecule is Cn1c(-c2ccccc2)c(C(=O)CN2c3cccc4cccc(c34)S2(=O)=O)c2ccccc21. The van der Waals surface area contributed by atoms with Gasteiger partial charge in [0.1, 0.15) is 0 Å². The molecular weight excluding hydrogens is 432 g/mol. The van der Waals surface area contributed by atoms with Gasteiger partial charge in [-0.05, 0) is 29.1 Å². The summed E-state index contributed by atoms with van der Waals surface area (Å²) in [6, 6.07) is 28.2. The molecule has 4 aromatic carbocycles. The molecule has 1 aliphatic heterocycles. The molecule has 0 unspecified atom stereocenters. The molecule has 162 valence electrons. The first-order chi connectivity index (χ1) is 16.0. The molecule has 33 heavy (non-hydrogen) atoms. The van der Waals surface area contributed by atoms with Crippen LogP contribution < -0.4 is 4.31 Å². The fraction of sp³-hybridized carbons (Fsp3) is 0.0741. The molecule has 0 spiro atoms. The van der Waals surface area contributed by atoms with Crippen LogP contribution in [0.1, 0.15) is 10.4 Å². The lowest BCUT2D eigenvalue weighted by molar-refractivity contribution is 0.100. The van der Waals surface area contributed by atoms with E-state index < -0.39 is 10.0 Å². The number of para-hydroxylation sites is 1. The minimum Gasteiger partial charge on any atom is -0.343 e. The summed E-state index contributed by atoms with van der Waals surface area (Å²) in [5.74, 6) is -0.237. The van der Waals surface area contributed by atoms with Crippen molar-refractivity contribution in [1.29, 1.82) is 0 Å². The number of benzene rings is 4. The van der Waals surface area contributed by atoms with Crippen LogP contribution in [0, 0.1) is 0 Å². The molecule has 1 aliphatic rings. The average molecular weight is 453 g/mol. The second kappa shape index (κ2) is 7.05. The highest BCUT2D eigenvalue weighted by Gasteiger charge is 2.37. The summed E-state index contributed by atoms with van der Waals surface area (Å²) in [5, 5.41) is 2.34. The summed E-state index contributed by atoms with van der Waals surface area (Å²) in [6.07, 6.45) is 0. The number of carbonyl (C=O) groups is 1. The number of sulfonamides is 1. The molecule has 0 saturated carbocycles. The summed E-state index contributed by atoms with van der Waals surface area (Å²) in [6.45, 7) is -0.260. The minimum absolute atomic E-state index is 0.237. The van der Waals surface area contributed by atoms with Gasteiger partial charge in [-0.15, -0.1) is 0 Å². The van der Waals surface area contributed by atoms with E-state index in [1.165, 1.54) is 4.31 Å². The van der Waals surface area contributed by atoms with Crippen LogP contribution >= 0.6 is 0 Å². The van der Waals surface area contributed by atoms with Crippen molar-refractivity contribution < 1.29 is 13.2 Å². The number of aromatic nitrogens is 1. The minimum atomic E-state index is -3.82. The van der Waals surface area contributed by atoms with Gasteiger partial charge in [-0.25, -0.2) is 8.42 Å². The largest absolute Gasteiger partial charge is 0.343 e. The van der Waals surface area contributed by atoms with E-state index in [1.807, 2.05) is 84.4 Å². The summed E-state index contributed by atoms with van der Waals surface area (Å²) in [4.78, 5) is 14.1. The van der Waals surface area contributed by atoms with Crippen molar-refractivity contribution >= 4 is 43.2 Å². The van der Waals surface area contributed by atoms with Gasteiger partial charge in [-0.2, -0.15) is 0 Å². The molecule has 0 fully saturated rings. The fourth-order valence-electron chi connectivity index (χ4n) is 4.95. The van der Waals surface area contributed by atoms with Crippen LogP contribution in [0.2, 0.25) is 0 Å². The van der Waals surface area contributed by atoms with Gasteiger partial charge in [0.2, 0.25) is 0 Å². The van der Waals surface area contributed by atoms with Crippen LogP contribution in [-0.2, 0) is 17.1 Å². The lowest BCUT2D eigenvalue weighted by Crippen LogP contribution is -2.33. The Labute approximate surface area is 191 Å². The predicted octanol–water partition coefficient (Wildman–Crippen LogP) is 5.39. The maximum absolute atomic E-state index is 13.9. The Hall–Kier alpha value is -3.90. The second-order valence-electron chi connectivity index (χ2n) is 8.23. The number of nitrogens with zero attached hydrogens (tertiary/aromatic N) is 2. The first-order valence-electron chi connectivity index (χ1n) is 10.7. The molecule has 1 aromatic heterocycles. The number of hydrogen-bond donors (Lipinski definition) is 0. The van der Waals surface area contributed by atoms with Crippen molar-refractivity contribution in [2.24, 2.45) is 7.05 Å². The van der Waals surface area contributed by atoms with Gasteiger partial charge in [0.15, 0.2) is 5.78 Å². The predicted molar refractivity (Wildman–Crippen MR) is 131 cm³/mol. The zero-order valence-electron chi connectivity index (χ0n) is 17.9. The number of hydrogen-bond acceptors (Lipinski definition) is 3. The third-order valence-electron chi connectivity index (χ3n) is 6.40. The number of rotatable bonds is 4. The number of Topliss-reactive ketones (excluding diaryl/α,β-unsaturated/α-hetero) is 1. The Balaban J connectivity index is 1.53. The van der Waals surface area contributed by atoms with Crippen LogP contribution in [0.15, 0.2) is 95.9 Å². The molecular formula is C27H20N2O3S. The molecule has 0 bridgehead atoms. The molecule has 0 N–H and O–H groups in total. The van der Waals surface area contributed by atoms with Crippen molar-refractivity contribution in [3.8, 4) is 11.3 Å². The van der Waals surface area contributed by atoms with Gasteiger partial charge in [0.25, 0.3) is 10.0 Å². The maximum Gasteiger partial charge on any atom is 0.265 e. The Bertz CT molecular complexity index is 1680. The van der Waals surface area contributed by atoms with Gasteiger partial charge in [-0.1, -0.05) is 72.8 Å². The normalized spacial score (nSPS) is 14.3. The number of aryl methyl sites for hydroxylation is 1. The maximum atomic E-state index is 13.9. The van der Waals surface area contributed by atoms with Crippen molar-refractivity contribution in [3.63, 3.8) is 0 Å². The number of ketones is 1. The third-order valence-corrected chi connectivity index (χ3v) is 8.20. The van der Waals surface area contributed by atoms with Gasteiger partial charge in [-0.3, -0.25) is 9.10 Å². The van der Waals surface area contributed by atoms with E-state index >= 15 is 0 Å². The van der Waals surface area contributed by atoms with E-state index in [0.717, 1.165) is 27.5 Å². The Morgan fingerprint density at radius 3 is 2.30 bits per heavy atom. The molecule has 0 aliphatic carbocycles. The highest BCUT2D eigenvalue weighted by atomic mass is 32.2. The summed E-state index contributed by atoms with van der Waals surface area (Å²) < 4.78 is 30.1. The quantitative estimate of drug-likeness (QED) is 0.344. The lowest BCUT2D eigenvalue weighted by atomic mass is 10.0. The average Bonchev–Trinajstić information content (AvgIpc) is 3.25.